The van der Waals surface area contributed by atoms with Gasteiger partial charge in [-0.15, -0.1) is 0 Å². The fraction of sp³-hybridized carbons (Fsp3) is 0.400. The molecule has 18 heavy (non-hydrogen) atoms. The van der Waals surface area contributed by atoms with Crippen LogP contribution in [0, 0.1) is 5.82 Å². The van der Waals surface area contributed by atoms with Crippen LogP contribution < -0.4 is 0 Å². The monoisotopic (exact) mass is 285 g/mol. The summed E-state index contributed by atoms with van der Waals surface area (Å²) in [6.45, 7) is -0.777. The molecule has 0 radical (unpaired) electrons. The summed E-state index contributed by atoms with van der Waals surface area (Å²) in [4.78, 5) is -0.754. The molecule has 0 N–H and O–H groups in total. The van der Waals surface area contributed by atoms with Crippen molar-refractivity contribution in [2.24, 2.45) is 0 Å². The fourth-order valence-corrected chi connectivity index (χ4v) is 2.86. The highest BCUT2D eigenvalue weighted by Gasteiger charge is 2.37. The largest absolute Gasteiger partial charge is 0.402 e. The van der Waals surface area contributed by atoms with E-state index in [1.165, 1.54) is 19.1 Å². The summed E-state index contributed by atoms with van der Waals surface area (Å²) in [7, 11) is -4.48. The maximum absolute atomic E-state index is 13.3. The lowest BCUT2D eigenvalue weighted by atomic mass is 10.4. The lowest BCUT2D eigenvalue weighted by Gasteiger charge is -2.21. The Kier molecular flexibility index (Phi) is 4.33. The smallest absolute Gasteiger partial charge is 0.207 e. The van der Waals surface area contributed by atoms with Crippen LogP contribution in [-0.2, 0) is 10.0 Å². The van der Waals surface area contributed by atoms with Crippen LogP contribution in [0.5, 0.6) is 0 Å². The van der Waals surface area contributed by atoms with Gasteiger partial charge in [-0.2, -0.15) is 17.5 Å². The van der Waals surface area contributed by atoms with Crippen molar-refractivity contribution in [2.75, 3.05) is 13.1 Å². The third-order valence-electron chi connectivity index (χ3n) is 2.16. The number of halogens is 4. The molecule has 0 aromatic heterocycles. The summed E-state index contributed by atoms with van der Waals surface area (Å²) in [6.07, 6.45) is -4.67. The first-order valence-electron chi connectivity index (χ1n) is 5.00. The number of nitrogens with zero attached hydrogens (tertiary/aromatic N) is 1. The zero-order chi connectivity index (χ0) is 14.0. The number of sulfonamides is 1. The van der Waals surface area contributed by atoms with Gasteiger partial charge in [0.25, 0.3) is 0 Å². The van der Waals surface area contributed by atoms with Crippen LogP contribution in [0.25, 0.3) is 0 Å². The van der Waals surface area contributed by atoms with Gasteiger partial charge < -0.3 is 0 Å². The van der Waals surface area contributed by atoms with Crippen LogP contribution in [0.15, 0.2) is 29.2 Å². The summed E-state index contributed by atoms with van der Waals surface area (Å²) < 4.78 is 73.9. The van der Waals surface area contributed by atoms with E-state index in [1.54, 1.807) is 0 Å². The molecule has 0 saturated carbocycles. The van der Waals surface area contributed by atoms with Crippen LogP contribution in [0.3, 0.4) is 0 Å². The quantitative estimate of drug-likeness (QED) is 0.797. The van der Waals surface area contributed by atoms with E-state index in [2.05, 4.69) is 0 Å². The van der Waals surface area contributed by atoms with Crippen molar-refractivity contribution in [3.05, 3.63) is 30.1 Å². The summed E-state index contributed by atoms with van der Waals surface area (Å²) in [5.74, 6) is -1.07. The van der Waals surface area contributed by atoms with E-state index in [0.717, 1.165) is 12.1 Å². The minimum atomic E-state index is -4.67. The topological polar surface area (TPSA) is 37.4 Å². The first-order chi connectivity index (χ1) is 8.18. The van der Waals surface area contributed by atoms with Gasteiger partial charge in [0.15, 0.2) is 0 Å². The van der Waals surface area contributed by atoms with E-state index in [4.69, 9.17) is 0 Å². The summed E-state index contributed by atoms with van der Waals surface area (Å²) in [6, 6.07) is 4.32. The van der Waals surface area contributed by atoms with E-state index in [-0.39, 0.29) is 4.31 Å². The highest BCUT2D eigenvalue weighted by atomic mass is 32.2. The zero-order valence-corrected chi connectivity index (χ0v) is 10.2. The molecule has 1 aromatic rings. The van der Waals surface area contributed by atoms with Gasteiger partial charge in [0, 0.05) is 6.54 Å². The van der Waals surface area contributed by atoms with Gasteiger partial charge in [-0.3, -0.25) is 0 Å². The molecule has 0 aliphatic rings. The third kappa shape index (κ3) is 3.42. The van der Waals surface area contributed by atoms with Gasteiger partial charge in [0.1, 0.15) is 17.3 Å². The van der Waals surface area contributed by atoms with Gasteiger partial charge in [-0.25, -0.2) is 12.8 Å². The minimum Gasteiger partial charge on any atom is -0.207 e. The molecule has 0 aliphatic heterocycles. The minimum absolute atomic E-state index is 0.186. The maximum Gasteiger partial charge on any atom is 0.402 e. The molecule has 0 spiro atoms. The Hall–Kier alpha value is -1.15. The molecule has 102 valence electrons. The van der Waals surface area contributed by atoms with Gasteiger partial charge in [-0.1, -0.05) is 19.1 Å². The molecule has 1 aromatic carbocycles. The van der Waals surface area contributed by atoms with Crippen LogP contribution in [0.1, 0.15) is 6.92 Å². The highest BCUT2D eigenvalue weighted by Crippen LogP contribution is 2.23. The Labute approximate surface area is 102 Å². The number of hydrogen-bond acceptors (Lipinski definition) is 2. The van der Waals surface area contributed by atoms with E-state index in [9.17, 15) is 26.0 Å². The lowest BCUT2D eigenvalue weighted by molar-refractivity contribution is -0.135. The Balaban J connectivity index is 3.16. The third-order valence-corrected chi connectivity index (χ3v) is 4.12. The van der Waals surface area contributed by atoms with Crippen molar-refractivity contribution in [3.8, 4) is 0 Å². The van der Waals surface area contributed by atoms with Crippen LogP contribution in [0.4, 0.5) is 17.6 Å². The highest BCUT2D eigenvalue weighted by molar-refractivity contribution is 7.89. The van der Waals surface area contributed by atoms with Crippen LogP contribution in [-0.4, -0.2) is 32.0 Å². The molecule has 0 saturated heterocycles. The zero-order valence-electron chi connectivity index (χ0n) is 9.41. The Morgan fingerprint density at radius 3 is 2.22 bits per heavy atom. The first-order valence-corrected chi connectivity index (χ1v) is 6.44. The van der Waals surface area contributed by atoms with E-state index in [0.29, 0.717) is 0 Å². The van der Waals surface area contributed by atoms with E-state index in [1.807, 2.05) is 0 Å². The summed E-state index contributed by atoms with van der Waals surface area (Å²) >= 11 is 0. The lowest BCUT2D eigenvalue weighted by Crippen LogP contribution is -2.39. The number of rotatable bonds is 4. The standard InChI is InChI=1S/C10H11F4NO2S/c1-2-15(7-10(12,13)14)18(16,17)9-6-4-3-5-8(9)11/h3-6H,2,7H2,1H3. The molecular formula is C10H11F4NO2S. The Bertz CT molecular complexity index is 513. The first kappa shape index (κ1) is 14.9. The molecule has 3 nitrogen and oxygen atoms in total. The molecular weight excluding hydrogens is 274 g/mol. The number of benzene rings is 1. The molecule has 0 amide bonds. The normalized spacial score (nSPS) is 13.0. The predicted octanol–water partition coefficient (Wildman–Crippen LogP) is 2.40. The Morgan fingerprint density at radius 2 is 1.78 bits per heavy atom. The van der Waals surface area contributed by atoms with Gasteiger partial charge in [0.2, 0.25) is 10.0 Å². The second-order valence-corrected chi connectivity index (χ2v) is 5.38. The molecule has 0 heterocycles. The van der Waals surface area contributed by atoms with Crippen molar-refractivity contribution < 1.29 is 26.0 Å². The average Bonchev–Trinajstić information content (AvgIpc) is 2.24. The predicted molar refractivity (Wildman–Crippen MR) is 56.9 cm³/mol. The van der Waals surface area contributed by atoms with E-state index < -0.39 is 40.0 Å². The molecule has 0 fully saturated rings. The Morgan fingerprint density at radius 1 is 1.22 bits per heavy atom. The van der Waals surface area contributed by atoms with Gasteiger partial charge in [-0.05, 0) is 12.1 Å². The summed E-state index contributed by atoms with van der Waals surface area (Å²) in [5.41, 5.74) is 0. The van der Waals surface area contributed by atoms with Crippen LogP contribution in [0.2, 0.25) is 0 Å². The molecule has 0 bridgehead atoms. The maximum atomic E-state index is 13.3. The molecule has 0 atom stereocenters. The van der Waals surface area contributed by atoms with Crippen molar-refractivity contribution >= 4 is 10.0 Å². The number of hydrogen-bond donors (Lipinski definition) is 0. The van der Waals surface area contributed by atoms with Crippen LogP contribution >= 0.6 is 0 Å². The molecule has 1 rings (SSSR count). The molecule has 0 aliphatic carbocycles. The summed E-state index contributed by atoms with van der Waals surface area (Å²) in [5, 5.41) is 0. The molecule has 0 unspecified atom stereocenters. The van der Waals surface area contributed by atoms with Crippen molar-refractivity contribution in [1.29, 1.82) is 0 Å². The van der Waals surface area contributed by atoms with Crippen molar-refractivity contribution in [1.82, 2.24) is 4.31 Å². The SMILES string of the molecule is CCN(CC(F)(F)F)S(=O)(=O)c1ccccc1F. The molecule has 8 heteroatoms. The van der Waals surface area contributed by atoms with E-state index >= 15 is 0 Å². The number of alkyl halides is 3. The second-order valence-electron chi connectivity index (χ2n) is 3.48. The van der Waals surface area contributed by atoms with Gasteiger partial charge >= 0.3 is 6.18 Å². The fourth-order valence-electron chi connectivity index (χ4n) is 1.36. The van der Waals surface area contributed by atoms with Gasteiger partial charge in [0.05, 0.1) is 0 Å². The average molecular weight is 285 g/mol. The van der Waals surface area contributed by atoms with Crippen molar-refractivity contribution in [2.45, 2.75) is 18.0 Å². The second kappa shape index (κ2) is 5.23. The van der Waals surface area contributed by atoms with Crippen molar-refractivity contribution in [3.63, 3.8) is 0 Å².